The van der Waals surface area contributed by atoms with Gasteiger partial charge in [0.2, 0.25) is 0 Å². The second-order valence-electron chi connectivity index (χ2n) is 5.96. The lowest BCUT2D eigenvalue weighted by Crippen LogP contribution is -2.28. The summed E-state index contributed by atoms with van der Waals surface area (Å²) in [6, 6.07) is 0. The Morgan fingerprint density at radius 1 is 0.765 bits per heavy atom. The predicted molar refractivity (Wildman–Crippen MR) is 79.9 cm³/mol. The van der Waals surface area contributed by atoms with Crippen LogP contribution >= 0.6 is 11.6 Å². The molecule has 0 aliphatic rings. The summed E-state index contributed by atoms with van der Waals surface area (Å²) in [5.41, 5.74) is 0. The highest BCUT2D eigenvalue weighted by atomic mass is 35.5. The molecule has 0 saturated carbocycles. The van der Waals surface area contributed by atoms with Crippen molar-refractivity contribution in [3.05, 3.63) is 0 Å². The molecule has 0 aliphatic heterocycles. The van der Waals surface area contributed by atoms with Crippen LogP contribution in [0.1, 0.15) is 59.8 Å². The molecule has 0 aromatic carbocycles. The second-order valence-corrected chi connectivity index (χ2v) is 6.33. The largest absolute Gasteiger partial charge is 0.303 e. The van der Waals surface area contributed by atoms with Crippen LogP contribution in [0.15, 0.2) is 0 Å². The fraction of sp³-hybridized carbons (Fsp3) is 1.00. The van der Waals surface area contributed by atoms with E-state index in [-0.39, 0.29) is 0 Å². The second kappa shape index (κ2) is 11.3. The Balaban J connectivity index is 3.75. The van der Waals surface area contributed by atoms with Gasteiger partial charge in [0.05, 0.1) is 0 Å². The van der Waals surface area contributed by atoms with Crippen LogP contribution < -0.4 is 0 Å². The third kappa shape index (κ3) is 12.5. The van der Waals surface area contributed by atoms with Crippen LogP contribution in [0.5, 0.6) is 0 Å². The number of halogens is 1. The smallest absolute Gasteiger partial charge is 0.0223 e. The fourth-order valence-electron chi connectivity index (χ4n) is 1.82. The summed E-state index contributed by atoms with van der Waals surface area (Å²) >= 11 is 5.71. The maximum Gasteiger partial charge on any atom is 0.0223 e. The molecule has 104 valence electrons. The molecule has 0 spiro atoms. The molecule has 0 aromatic heterocycles. The standard InChI is InChI=1S/C15H32ClN/c1-14(2)8-12-17(13-9-15(3)4)11-7-5-6-10-16/h14-15H,5-13H2,1-4H3. The van der Waals surface area contributed by atoms with Crippen molar-refractivity contribution in [1.29, 1.82) is 0 Å². The van der Waals surface area contributed by atoms with Gasteiger partial charge in [-0.1, -0.05) is 34.1 Å². The molecule has 0 saturated heterocycles. The van der Waals surface area contributed by atoms with E-state index in [1.165, 1.54) is 51.7 Å². The van der Waals surface area contributed by atoms with Gasteiger partial charge < -0.3 is 4.90 Å². The summed E-state index contributed by atoms with van der Waals surface area (Å²) in [4.78, 5) is 2.65. The van der Waals surface area contributed by atoms with E-state index < -0.39 is 0 Å². The van der Waals surface area contributed by atoms with Gasteiger partial charge in [-0.15, -0.1) is 11.6 Å². The first kappa shape index (κ1) is 17.2. The SMILES string of the molecule is CC(C)CCN(CCCCCCl)CCC(C)C. The van der Waals surface area contributed by atoms with Crippen molar-refractivity contribution in [3.63, 3.8) is 0 Å². The van der Waals surface area contributed by atoms with Crippen LogP contribution in [0.2, 0.25) is 0 Å². The number of hydrogen-bond donors (Lipinski definition) is 0. The van der Waals surface area contributed by atoms with Crippen molar-refractivity contribution in [1.82, 2.24) is 4.90 Å². The molecule has 17 heavy (non-hydrogen) atoms. The minimum atomic E-state index is 0.817. The molecule has 0 heterocycles. The van der Waals surface area contributed by atoms with Gasteiger partial charge in [-0.25, -0.2) is 0 Å². The number of rotatable bonds is 11. The summed E-state index contributed by atoms with van der Waals surface area (Å²) in [6.07, 6.45) is 6.41. The number of nitrogens with zero attached hydrogens (tertiary/aromatic N) is 1. The zero-order valence-corrected chi connectivity index (χ0v) is 13.1. The molecule has 0 aromatic rings. The van der Waals surface area contributed by atoms with Gasteiger partial charge in [0.1, 0.15) is 0 Å². The monoisotopic (exact) mass is 261 g/mol. The summed E-state index contributed by atoms with van der Waals surface area (Å²) < 4.78 is 0. The lowest BCUT2D eigenvalue weighted by molar-refractivity contribution is 0.239. The van der Waals surface area contributed by atoms with Gasteiger partial charge in [-0.2, -0.15) is 0 Å². The summed E-state index contributed by atoms with van der Waals surface area (Å²) in [5.74, 6) is 2.46. The number of unbranched alkanes of at least 4 members (excludes halogenated alkanes) is 2. The minimum Gasteiger partial charge on any atom is -0.303 e. The van der Waals surface area contributed by atoms with Crippen molar-refractivity contribution >= 4 is 11.6 Å². The normalized spacial score (nSPS) is 12.0. The predicted octanol–water partition coefficient (Wildman–Crippen LogP) is 4.79. The first-order valence-electron chi connectivity index (χ1n) is 7.34. The van der Waals surface area contributed by atoms with E-state index in [1.807, 2.05) is 0 Å². The zero-order chi connectivity index (χ0) is 13.1. The van der Waals surface area contributed by atoms with Crippen LogP contribution in [-0.2, 0) is 0 Å². The van der Waals surface area contributed by atoms with Crippen molar-refractivity contribution in [3.8, 4) is 0 Å². The van der Waals surface area contributed by atoms with E-state index in [4.69, 9.17) is 11.6 Å². The average Bonchev–Trinajstić information content (AvgIpc) is 2.26. The Hall–Kier alpha value is 0.250. The molecule has 0 amide bonds. The van der Waals surface area contributed by atoms with Crippen LogP contribution in [-0.4, -0.2) is 30.4 Å². The first-order chi connectivity index (χ1) is 8.06. The molecule has 2 heteroatoms. The van der Waals surface area contributed by atoms with E-state index in [9.17, 15) is 0 Å². The summed E-state index contributed by atoms with van der Waals surface area (Å²) in [5, 5.41) is 0. The van der Waals surface area contributed by atoms with Gasteiger partial charge in [0, 0.05) is 5.88 Å². The van der Waals surface area contributed by atoms with Crippen LogP contribution in [0.25, 0.3) is 0 Å². The van der Waals surface area contributed by atoms with E-state index in [2.05, 4.69) is 32.6 Å². The van der Waals surface area contributed by atoms with Crippen LogP contribution in [0.3, 0.4) is 0 Å². The fourth-order valence-corrected chi connectivity index (χ4v) is 2.01. The highest BCUT2D eigenvalue weighted by Gasteiger charge is 2.06. The molecular formula is C15H32ClN. The maximum atomic E-state index is 5.71. The lowest BCUT2D eigenvalue weighted by Gasteiger charge is -2.24. The molecule has 0 rings (SSSR count). The maximum absolute atomic E-state index is 5.71. The van der Waals surface area contributed by atoms with Crippen molar-refractivity contribution in [2.45, 2.75) is 59.8 Å². The van der Waals surface area contributed by atoms with Crippen molar-refractivity contribution < 1.29 is 0 Å². The summed E-state index contributed by atoms with van der Waals surface area (Å²) in [6.45, 7) is 13.1. The highest BCUT2D eigenvalue weighted by Crippen LogP contribution is 2.08. The van der Waals surface area contributed by atoms with Crippen LogP contribution in [0.4, 0.5) is 0 Å². The zero-order valence-electron chi connectivity index (χ0n) is 12.3. The quantitative estimate of drug-likeness (QED) is 0.382. The van der Waals surface area contributed by atoms with Gasteiger partial charge in [-0.3, -0.25) is 0 Å². The van der Waals surface area contributed by atoms with E-state index in [0.717, 1.165) is 17.7 Å². The van der Waals surface area contributed by atoms with Gasteiger partial charge in [-0.05, 0) is 57.2 Å². The third-order valence-corrected chi connectivity index (χ3v) is 3.42. The third-order valence-electron chi connectivity index (χ3n) is 3.15. The molecule has 0 unspecified atom stereocenters. The number of hydrogen-bond acceptors (Lipinski definition) is 1. The van der Waals surface area contributed by atoms with E-state index in [0.29, 0.717) is 0 Å². The average molecular weight is 262 g/mol. The Labute approximate surface area is 114 Å². The van der Waals surface area contributed by atoms with E-state index in [1.54, 1.807) is 0 Å². The first-order valence-corrected chi connectivity index (χ1v) is 7.88. The Morgan fingerprint density at radius 2 is 1.29 bits per heavy atom. The Bertz CT molecular complexity index is 145. The van der Waals surface area contributed by atoms with Gasteiger partial charge in [0.25, 0.3) is 0 Å². The molecule has 0 bridgehead atoms. The topological polar surface area (TPSA) is 3.24 Å². The highest BCUT2D eigenvalue weighted by molar-refractivity contribution is 6.17. The van der Waals surface area contributed by atoms with Crippen molar-refractivity contribution in [2.75, 3.05) is 25.5 Å². The van der Waals surface area contributed by atoms with Crippen LogP contribution in [0, 0.1) is 11.8 Å². The van der Waals surface area contributed by atoms with Crippen molar-refractivity contribution in [2.24, 2.45) is 11.8 Å². The Kier molecular flexibility index (Phi) is 11.5. The molecule has 0 N–H and O–H groups in total. The number of alkyl halides is 1. The van der Waals surface area contributed by atoms with Gasteiger partial charge >= 0.3 is 0 Å². The lowest BCUT2D eigenvalue weighted by atomic mass is 10.1. The molecule has 0 fully saturated rings. The molecule has 0 atom stereocenters. The summed E-state index contributed by atoms with van der Waals surface area (Å²) in [7, 11) is 0. The molecule has 1 nitrogen and oxygen atoms in total. The van der Waals surface area contributed by atoms with E-state index >= 15 is 0 Å². The molecule has 0 aliphatic carbocycles. The molecular weight excluding hydrogens is 230 g/mol. The molecule has 0 radical (unpaired) electrons. The minimum absolute atomic E-state index is 0.817. The Morgan fingerprint density at radius 3 is 1.71 bits per heavy atom. The van der Waals surface area contributed by atoms with Gasteiger partial charge in [0.15, 0.2) is 0 Å².